The number of rotatable bonds is 5. The molecule has 0 heterocycles. The summed E-state index contributed by atoms with van der Waals surface area (Å²) in [6.45, 7) is 2.54. The van der Waals surface area contributed by atoms with Gasteiger partial charge in [-0.2, -0.15) is 0 Å². The molecule has 0 radical (unpaired) electrons. The number of methoxy groups -OCH3 is 1. The number of carbonyl (C=O) groups is 2. The van der Waals surface area contributed by atoms with E-state index in [4.69, 9.17) is 0 Å². The molecule has 0 aromatic heterocycles. The molecule has 1 aromatic rings. The van der Waals surface area contributed by atoms with E-state index in [1.807, 2.05) is 19.1 Å². The van der Waals surface area contributed by atoms with Crippen molar-refractivity contribution >= 4 is 17.6 Å². The number of esters is 1. The van der Waals surface area contributed by atoms with Gasteiger partial charge in [0.15, 0.2) is 0 Å². The van der Waals surface area contributed by atoms with Crippen molar-refractivity contribution in [1.82, 2.24) is 5.32 Å². The third-order valence-electron chi connectivity index (χ3n) is 2.16. The second kappa shape index (κ2) is 6.52. The zero-order valence-electron chi connectivity index (χ0n) is 9.95. The Labute approximate surface area is 100 Å². The fourth-order valence-electron chi connectivity index (χ4n) is 1.35. The number of amides is 1. The van der Waals surface area contributed by atoms with Crippen molar-refractivity contribution in [2.24, 2.45) is 0 Å². The summed E-state index contributed by atoms with van der Waals surface area (Å²) in [5, 5.41) is 5.58. The van der Waals surface area contributed by atoms with Crippen LogP contribution in [0.25, 0.3) is 0 Å². The molecule has 0 saturated heterocycles. The first-order valence-corrected chi connectivity index (χ1v) is 5.37. The first kappa shape index (κ1) is 13.0. The Bertz CT molecular complexity index is 404. The van der Waals surface area contributed by atoms with Crippen LogP contribution in [-0.4, -0.2) is 32.1 Å². The monoisotopic (exact) mass is 236 g/mol. The fourth-order valence-corrected chi connectivity index (χ4v) is 1.35. The molecule has 5 nitrogen and oxygen atoms in total. The number of benzene rings is 1. The Hall–Kier alpha value is -2.04. The van der Waals surface area contributed by atoms with Crippen LogP contribution in [0.3, 0.4) is 0 Å². The Morgan fingerprint density at radius 1 is 1.29 bits per heavy atom. The van der Waals surface area contributed by atoms with Crippen LogP contribution >= 0.6 is 0 Å². The molecule has 1 aromatic carbocycles. The van der Waals surface area contributed by atoms with Gasteiger partial charge in [0.25, 0.3) is 5.91 Å². The van der Waals surface area contributed by atoms with Crippen LogP contribution in [0, 0.1) is 0 Å². The minimum absolute atomic E-state index is 0.129. The number of para-hydroxylation sites is 1. The van der Waals surface area contributed by atoms with Gasteiger partial charge in [0.2, 0.25) is 0 Å². The standard InChI is InChI=1S/C12H16N2O3/c1-3-13-10-7-5-4-6-9(10)12(16)14-8-11(15)17-2/h4-7,13H,3,8H2,1-2H3,(H,14,16). The zero-order valence-corrected chi connectivity index (χ0v) is 9.95. The maximum Gasteiger partial charge on any atom is 0.325 e. The van der Waals surface area contributed by atoms with Crippen LogP contribution in [0.2, 0.25) is 0 Å². The van der Waals surface area contributed by atoms with Crippen molar-refractivity contribution in [3.05, 3.63) is 29.8 Å². The second-order valence-corrected chi connectivity index (χ2v) is 3.33. The molecule has 0 spiro atoms. The highest BCUT2D eigenvalue weighted by Crippen LogP contribution is 2.14. The quantitative estimate of drug-likeness (QED) is 0.749. The van der Waals surface area contributed by atoms with E-state index in [9.17, 15) is 9.59 Å². The van der Waals surface area contributed by atoms with Gasteiger partial charge in [0.1, 0.15) is 6.54 Å². The van der Waals surface area contributed by atoms with Gasteiger partial charge >= 0.3 is 5.97 Å². The molecule has 1 amide bonds. The largest absolute Gasteiger partial charge is 0.468 e. The first-order valence-electron chi connectivity index (χ1n) is 5.37. The lowest BCUT2D eigenvalue weighted by molar-refractivity contribution is -0.139. The molecule has 0 saturated carbocycles. The lowest BCUT2D eigenvalue weighted by Crippen LogP contribution is -2.30. The molecule has 5 heteroatoms. The van der Waals surface area contributed by atoms with Crippen LogP contribution in [0.1, 0.15) is 17.3 Å². The van der Waals surface area contributed by atoms with Gasteiger partial charge in [0.05, 0.1) is 12.7 Å². The lowest BCUT2D eigenvalue weighted by atomic mass is 10.1. The fraction of sp³-hybridized carbons (Fsp3) is 0.333. The van der Waals surface area contributed by atoms with Crippen molar-refractivity contribution in [3.8, 4) is 0 Å². The maximum absolute atomic E-state index is 11.8. The van der Waals surface area contributed by atoms with E-state index in [-0.39, 0.29) is 12.5 Å². The summed E-state index contributed by atoms with van der Waals surface area (Å²) in [6, 6.07) is 7.13. The lowest BCUT2D eigenvalue weighted by Gasteiger charge is -2.10. The maximum atomic E-state index is 11.8. The van der Waals surface area contributed by atoms with Crippen molar-refractivity contribution in [3.63, 3.8) is 0 Å². The average Bonchev–Trinajstić information content (AvgIpc) is 2.36. The highest BCUT2D eigenvalue weighted by molar-refractivity contribution is 6.00. The Morgan fingerprint density at radius 3 is 2.65 bits per heavy atom. The molecular weight excluding hydrogens is 220 g/mol. The van der Waals surface area contributed by atoms with Gasteiger partial charge in [-0.3, -0.25) is 9.59 Å². The summed E-state index contributed by atoms with van der Waals surface area (Å²) in [5.74, 6) is -0.772. The minimum atomic E-state index is -0.473. The number of hydrogen-bond acceptors (Lipinski definition) is 4. The summed E-state index contributed by atoms with van der Waals surface area (Å²) in [4.78, 5) is 22.7. The second-order valence-electron chi connectivity index (χ2n) is 3.33. The summed E-state index contributed by atoms with van der Waals surface area (Å²) >= 11 is 0. The zero-order chi connectivity index (χ0) is 12.7. The normalized spacial score (nSPS) is 9.53. The van der Waals surface area contributed by atoms with E-state index >= 15 is 0 Å². The third-order valence-corrected chi connectivity index (χ3v) is 2.16. The van der Waals surface area contributed by atoms with E-state index < -0.39 is 5.97 Å². The molecule has 0 fully saturated rings. The van der Waals surface area contributed by atoms with Gasteiger partial charge in [-0.25, -0.2) is 0 Å². The van der Waals surface area contributed by atoms with E-state index in [1.165, 1.54) is 7.11 Å². The van der Waals surface area contributed by atoms with E-state index in [0.29, 0.717) is 5.56 Å². The highest BCUT2D eigenvalue weighted by Gasteiger charge is 2.11. The Kier molecular flexibility index (Phi) is 5.00. The molecule has 0 aliphatic heterocycles. The van der Waals surface area contributed by atoms with E-state index in [0.717, 1.165) is 12.2 Å². The summed E-state index contributed by atoms with van der Waals surface area (Å²) in [7, 11) is 1.28. The van der Waals surface area contributed by atoms with Crippen molar-refractivity contribution in [1.29, 1.82) is 0 Å². The van der Waals surface area contributed by atoms with Gasteiger partial charge in [-0.05, 0) is 19.1 Å². The summed E-state index contributed by atoms with van der Waals surface area (Å²) < 4.78 is 4.44. The topological polar surface area (TPSA) is 67.4 Å². The van der Waals surface area contributed by atoms with Crippen LogP contribution in [0.5, 0.6) is 0 Å². The van der Waals surface area contributed by atoms with Crippen LogP contribution in [-0.2, 0) is 9.53 Å². The van der Waals surface area contributed by atoms with Gasteiger partial charge < -0.3 is 15.4 Å². The van der Waals surface area contributed by atoms with E-state index in [2.05, 4.69) is 15.4 Å². The van der Waals surface area contributed by atoms with Crippen LogP contribution in [0.4, 0.5) is 5.69 Å². The molecule has 0 bridgehead atoms. The molecular formula is C12H16N2O3. The summed E-state index contributed by atoms with van der Waals surface area (Å²) in [6.07, 6.45) is 0. The molecule has 0 aliphatic carbocycles. The number of carbonyl (C=O) groups excluding carboxylic acids is 2. The van der Waals surface area contributed by atoms with E-state index in [1.54, 1.807) is 12.1 Å². The minimum Gasteiger partial charge on any atom is -0.468 e. The number of ether oxygens (including phenoxy) is 1. The van der Waals surface area contributed by atoms with Crippen molar-refractivity contribution in [2.45, 2.75) is 6.92 Å². The molecule has 1 rings (SSSR count). The van der Waals surface area contributed by atoms with Crippen molar-refractivity contribution < 1.29 is 14.3 Å². The number of hydrogen-bond donors (Lipinski definition) is 2. The van der Waals surface area contributed by atoms with Gasteiger partial charge in [-0.1, -0.05) is 12.1 Å². The average molecular weight is 236 g/mol. The first-order chi connectivity index (χ1) is 8.19. The predicted octanol–water partition coefficient (Wildman–Crippen LogP) is 1.02. The number of anilines is 1. The molecule has 2 N–H and O–H groups in total. The molecule has 0 unspecified atom stereocenters. The third kappa shape index (κ3) is 3.79. The number of nitrogens with one attached hydrogen (secondary N) is 2. The van der Waals surface area contributed by atoms with Crippen LogP contribution in [0.15, 0.2) is 24.3 Å². The smallest absolute Gasteiger partial charge is 0.325 e. The van der Waals surface area contributed by atoms with Gasteiger partial charge in [-0.15, -0.1) is 0 Å². The van der Waals surface area contributed by atoms with Crippen LogP contribution < -0.4 is 10.6 Å². The molecule has 0 aliphatic rings. The van der Waals surface area contributed by atoms with Gasteiger partial charge in [0, 0.05) is 12.2 Å². The van der Waals surface area contributed by atoms with Crippen molar-refractivity contribution in [2.75, 3.05) is 25.5 Å². The Morgan fingerprint density at radius 2 is 2.00 bits per heavy atom. The highest BCUT2D eigenvalue weighted by atomic mass is 16.5. The molecule has 0 atom stereocenters. The molecule has 92 valence electrons. The molecule has 17 heavy (non-hydrogen) atoms. The Balaban J connectivity index is 2.71. The predicted molar refractivity (Wildman–Crippen MR) is 65.0 cm³/mol. The SMILES string of the molecule is CCNc1ccccc1C(=O)NCC(=O)OC. The summed E-state index contributed by atoms with van der Waals surface area (Å²) in [5.41, 5.74) is 1.26.